The first-order valence-electron chi connectivity index (χ1n) is 7.25. The summed E-state index contributed by atoms with van der Waals surface area (Å²) in [6, 6.07) is 5.60. The molecule has 0 aliphatic rings. The zero-order valence-electron chi connectivity index (χ0n) is 12.7. The van der Waals surface area contributed by atoms with Gasteiger partial charge in [0.05, 0.1) is 11.0 Å². The number of benzene rings is 1. The number of hydrogen-bond acceptors (Lipinski definition) is 2. The second-order valence-electron chi connectivity index (χ2n) is 5.95. The van der Waals surface area contributed by atoms with Crippen LogP contribution >= 0.6 is 0 Å². The molecule has 0 bridgehead atoms. The second-order valence-corrected chi connectivity index (χ2v) is 5.95. The lowest BCUT2D eigenvalue weighted by atomic mass is 10.1. The number of hydrogen-bond donors (Lipinski definition) is 2. The maximum atomic E-state index is 12.1. The van der Waals surface area contributed by atoms with Crippen LogP contribution < -0.4 is 5.32 Å². The number of aromatic amines is 1. The van der Waals surface area contributed by atoms with Crippen molar-refractivity contribution in [3.8, 4) is 0 Å². The minimum absolute atomic E-state index is 0.0201. The maximum Gasteiger partial charge on any atom is 0.251 e. The van der Waals surface area contributed by atoms with Crippen LogP contribution in [0, 0.1) is 5.92 Å². The van der Waals surface area contributed by atoms with Crippen LogP contribution in [0.2, 0.25) is 0 Å². The van der Waals surface area contributed by atoms with E-state index >= 15 is 0 Å². The van der Waals surface area contributed by atoms with Crippen molar-refractivity contribution in [1.29, 1.82) is 0 Å². The third-order valence-corrected chi connectivity index (χ3v) is 3.32. The van der Waals surface area contributed by atoms with Crippen LogP contribution in [0.15, 0.2) is 18.2 Å². The number of carbonyl (C=O) groups is 1. The van der Waals surface area contributed by atoms with E-state index < -0.39 is 0 Å². The molecule has 1 amide bonds. The molecule has 0 fully saturated rings. The molecule has 0 saturated heterocycles. The Morgan fingerprint density at radius 2 is 2.05 bits per heavy atom. The molecule has 0 atom stereocenters. The van der Waals surface area contributed by atoms with Crippen molar-refractivity contribution in [3.63, 3.8) is 0 Å². The summed E-state index contributed by atoms with van der Waals surface area (Å²) < 4.78 is 0. The average molecular weight is 273 g/mol. The lowest BCUT2D eigenvalue weighted by Crippen LogP contribution is -2.25. The summed E-state index contributed by atoms with van der Waals surface area (Å²) in [7, 11) is 0. The monoisotopic (exact) mass is 273 g/mol. The van der Waals surface area contributed by atoms with Crippen molar-refractivity contribution >= 4 is 16.9 Å². The predicted molar refractivity (Wildman–Crippen MR) is 82.0 cm³/mol. The molecule has 0 aliphatic carbocycles. The Labute approximate surface area is 120 Å². The van der Waals surface area contributed by atoms with Crippen LogP contribution in [-0.4, -0.2) is 22.4 Å². The van der Waals surface area contributed by atoms with Crippen molar-refractivity contribution in [2.45, 2.75) is 40.0 Å². The van der Waals surface area contributed by atoms with E-state index in [0.29, 0.717) is 17.4 Å². The molecule has 1 aromatic heterocycles. The third-order valence-electron chi connectivity index (χ3n) is 3.32. The van der Waals surface area contributed by atoms with Crippen LogP contribution in [0.5, 0.6) is 0 Å². The van der Waals surface area contributed by atoms with E-state index in [-0.39, 0.29) is 5.91 Å². The highest BCUT2D eigenvalue weighted by Crippen LogP contribution is 2.18. The molecule has 2 aromatic rings. The number of carbonyl (C=O) groups excluding carboxylic acids is 1. The fourth-order valence-electron chi connectivity index (χ4n) is 2.02. The fraction of sp³-hybridized carbons (Fsp3) is 0.500. The van der Waals surface area contributed by atoms with Gasteiger partial charge in [0.1, 0.15) is 5.82 Å². The number of nitrogens with one attached hydrogen (secondary N) is 2. The summed E-state index contributed by atoms with van der Waals surface area (Å²) >= 11 is 0. The zero-order valence-corrected chi connectivity index (χ0v) is 12.7. The van der Waals surface area contributed by atoms with E-state index in [9.17, 15) is 4.79 Å². The highest BCUT2D eigenvalue weighted by molar-refractivity contribution is 5.97. The second kappa shape index (κ2) is 6.07. The first-order chi connectivity index (χ1) is 9.47. The van der Waals surface area contributed by atoms with Gasteiger partial charge in [0.25, 0.3) is 5.91 Å². The minimum atomic E-state index is -0.0201. The summed E-state index contributed by atoms with van der Waals surface area (Å²) in [5, 5.41) is 2.95. The normalized spacial score (nSPS) is 11.5. The smallest absolute Gasteiger partial charge is 0.251 e. The number of aromatic nitrogens is 2. The number of rotatable bonds is 5. The van der Waals surface area contributed by atoms with Gasteiger partial charge in [-0.25, -0.2) is 4.98 Å². The Morgan fingerprint density at radius 3 is 2.70 bits per heavy atom. The highest BCUT2D eigenvalue weighted by Gasteiger charge is 2.10. The van der Waals surface area contributed by atoms with Gasteiger partial charge in [0.15, 0.2) is 0 Å². The third kappa shape index (κ3) is 3.38. The first kappa shape index (κ1) is 14.6. The summed E-state index contributed by atoms with van der Waals surface area (Å²) in [6.45, 7) is 9.20. The Hall–Kier alpha value is -1.84. The van der Waals surface area contributed by atoms with Crippen molar-refractivity contribution in [3.05, 3.63) is 29.6 Å². The van der Waals surface area contributed by atoms with Crippen LogP contribution in [-0.2, 0) is 0 Å². The predicted octanol–water partition coefficient (Wildman–Crippen LogP) is 3.46. The van der Waals surface area contributed by atoms with Crippen LogP contribution in [0.4, 0.5) is 0 Å². The van der Waals surface area contributed by atoms with Crippen molar-refractivity contribution in [2.24, 2.45) is 5.92 Å². The van der Waals surface area contributed by atoms with E-state index in [0.717, 1.165) is 29.8 Å². The van der Waals surface area contributed by atoms with Crippen molar-refractivity contribution in [2.75, 3.05) is 6.54 Å². The molecule has 0 unspecified atom stereocenters. The van der Waals surface area contributed by atoms with Gasteiger partial charge in [-0.3, -0.25) is 4.79 Å². The van der Waals surface area contributed by atoms with Gasteiger partial charge >= 0.3 is 0 Å². The first-order valence-corrected chi connectivity index (χ1v) is 7.25. The number of H-pyrrole nitrogens is 1. The molecule has 0 spiro atoms. The van der Waals surface area contributed by atoms with E-state index in [1.807, 2.05) is 18.2 Å². The van der Waals surface area contributed by atoms with E-state index in [2.05, 4.69) is 43.0 Å². The van der Waals surface area contributed by atoms with E-state index in [4.69, 9.17) is 0 Å². The largest absolute Gasteiger partial charge is 0.352 e. The Balaban J connectivity index is 2.12. The SMILES string of the molecule is CC(C)CCNC(=O)c1ccc2nc(C(C)C)[nH]c2c1. The van der Waals surface area contributed by atoms with Gasteiger partial charge in [-0.2, -0.15) is 0 Å². The molecule has 1 aromatic carbocycles. The standard InChI is InChI=1S/C16H23N3O/c1-10(2)7-8-17-16(20)12-5-6-13-14(9-12)19-15(18-13)11(3)4/h5-6,9-11H,7-8H2,1-4H3,(H,17,20)(H,18,19). The van der Waals surface area contributed by atoms with Crippen molar-refractivity contribution in [1.82, 2.24) is 15.3 Å². The minimum Gasteiger partial charge on any atom is -0.352 e. The fourth-order valence-corrected chi connectivity index (χ4v) is 2.02. The van der Waals surface area contributed by atoms with Crippen LogP contribution in [0.1, 0.15) is 56.2 Å². The number of amides is 1. The number of imidazole rings is 1. The topological polar surface area (TPSA) is 57.8 Å². The summed E-state index contributed by atoms with van der Waals surface area (Å²) in [5.41, 5.74) is 2.51. The molecule has 2 N–H and O–H groups in total. The molecule has 2 rings (SSSR count). The Morgan fingerprint density at radius 1 is 1.30 bits per heavy atom. The molecule has 1 heterocycles. The molecule has 0 radical (unpaired) electrons. The average Bonchev–Trinajstić information content (AvgIpc) is 2.81. The Kier molecular flexibility index (Phi) is 4.42. The lowest BCUT2D eigenvalue weighted by molar-refractivity contribution is 0.0952. The molecule has 108 valence electrons. The summed E-state index contributed by atoms with van der Waals surface area (Å²) in [6.07, 6.45) is 0.996. The number of fused-ring (bicyclic) bond motifs is 1. The van der Waals surface area contributed by atoms with Gasteiger partial charge in [-0.15, -0.1) is 0 Å². The van der Waals surface area contributed by atoms with E-state index in [1.54, 1.807) is 0 Å². The molecule has 0 saturated carbocycles. The molecule has 0 aliphatic heterocycles. The quantitative estimate of drug-likeness (QED) is 0.876. The Bertz CT molecular complexity index is 599. The van der Waals surface area contributed by atoms with Gasteiger partial charge in [0.2, 0.25) is 0 Å². The van der Waals surface area contributed by atoms with Crippen LogP contribution in [0.25, 0.3) is 11.0 Å². The maximum absolute atomic E-state index is 12.1. The van der Waals surface area contributed by atoms with Gasteiger partial charge in [-0.1, -0.05) is 27.7 Å². The molecule has 4 heteroatoms. The summed E-state index contributed by atoms with van der Waals surface area (Å²) in [5.74, 6) is 1.88. The van der Waals surface area contributed by atoms with E-state index in [1.165, 1.54) is 0 Å². The number of nitrogens with zero attached hydrogens (tertiary/aromatic N) is 1. The zero-order chi connectivity index (χ0) is 14.7. The molecule has 20 heavy (non-hydrogen) atoms. The molecular weight excluding hydrogens is 250 g/mol. The lowest BCUT2D eigenvalue weighted by Gasteiger charge is -2.07. The van der Waals surface area contributed by atoms with Gasteiger partial charge < -0.3 is 10.3 Å². The summed E-state index contributed by atoms with van der Waals surface area (Å²) in [4.78, 5) is 19.8. The van der Waals surface area contributed by atoms with Crippen molar-refractivity contribution < 1.29 is 4.79 Å². The highest BCUT2D eigenvalue weighted by atomic mass is 16.1. The van der Waals surface area contributed by atoms with Gasteiger partial charge in [-0.05, 0) is 30.5 Å². The molecule has 4 nitrogen and oxygen atoms in total. The van der Waals surface area contributed by atoms with Crippen LogP contribution in [0.3, 0.4) is 0 Å². The van der Waals surface area contributed by atoms with Gasteiger partial charge in [0, 0.05) is 18.0 Å². The molecular formula is C16H23N3O.